The van der Waals surface area contributed by atoms with Crippen molar-refractivity contribution < 1.29 is 4.79 Å². The van der Waals surface area contributed by atoms with Crippen LogP contribution in [0.15, 0.2) is 48.5 Å². The van der Waals surface area contributed by atoms with E-state index in [1.807, 2.05) is 36.4 Å². The molecule has 23 heavy (non-hydrogen) atoms. The molecular formula is C20H20ClNO. The van der Waals surface area contributed by atoms with Crippen LogP contribution >= 0.6 is 11.6 Å². The fraction of sp³-hybridized carbons (Fsp3) is 0.350. The van der Waals surface area contributed by atoms with Crippen molar-refractivity contribution in [1.29, 1.82) is 0 Å². The van der Waals surface area contributed by atoms with Crippen LogP contribution in [0.3, 0.4) is 0 Å². The smallest absolute Gasteiger partial charge is 0.166 e. The number of nitrogens with zero attached hydrogens (tertiary/aromatic N) is 1. The predicted octanol–water partition coefficient (Wildman–Crippen LogP) is 4.93. The molecule has 4 rings (SSSR count). The Morgan fingerprint density at radius 3 is 2.26 bits per heavy atom. The number of rotatable bonds is 4. The van der Waals surface area contributed by atoms with Crippen LogP contribution in [0.1, 0.15) is 41.1 Å². The molecule has 0 amide bonds. The Balaban J connectivity index is 1.44. The monoisotopic (exact) mass is 325 g/mol. The maximum atomic E-state index is 12.7. The summed E-state index contributed by atoms with van der Waals surface area (Å²) in [5.41, 5.74) is 3.31. The number of carbonyl (C=O) groups is 1. The molecule has 2 unspecified atom stereocenters. The van der Waals surface area contributed by atoms with Crippen LogP contribution in [0, 0.1) is 5.92 Å². The van der Waals surface area contributed by atoms with E-state index in [1.165, 1.54) is 24.1 Å². The quantitative estimate of drug-likeness (QED) is 0.743. The largest absolute Gasteiger partial charge is 0.372 e. The Morgan fingerprint density at radius 1 is 0.957 bits per heavy atom. The minimum absolute atomic E-state index is 0.133. The van der Waals surface area contributed by atoms with Crippen LogP contribution in [0.5, 0.6) is 0 Å². The first-order chi connectivity index (χ1) is 11.2. The maximum Gasteiger partial charge on any atom is 0.166 e. The number of halogens is 1. The van der Waals surface area contributed by atoms with Gasteiger partial charge in [0.2, 0.25) is 0 Å². The maximum absolute atomic E-state index is 12.7. The highest BCUT2D eigenvalue weighted by Gasteiger charge is 2.43. The van der Waals surface area contributed by atoms with Crippen molar-refractivity contribution in [1.82, 2.24) is 0 Å². The van der Waals surface area contributed by atoms with Gasteiger partial charge in [0.25, 0.3) is 0 Å². The SMILES string of the molecule is O=C(c1ccc(N2CCCC2)cc1)C1CC1c1ccc(Cl)cc1. The second-order valence-electron chi connectivity index (χ2n) is 6.61. The van der Waals surface area contributed by atoms with E-state index in [9.17, 15) is 4.79 Å². The second kappa shape index (κ2) is 6.01. The number of carbonyl (C=O) groups excluding carboxylic acids is 1. The Bertz CT molecular complexity index is 701. The van der Waals surface area contributed by atoms with Gasteiger partial charge in [-0.1, -0.05) is 23.7 Å². The fourth-order valence-corrected chi connectivity index (χ4v) is 3.72. The van der Waals surface area contributed by atoms with Crippen LogP contribution in [0.4, 0.5) is 5.69 Å². The number of benzene rings is 2. The Labute approximate surface area is 142 Å². The zero-order valence-electron chi connectivity index (χ0n) is 13.0. The van der Waals surface area contributed by atoms with Gasteiger partial charge < -0.3 is 4.90 Å². The fourth-order valence-electron chi connectivity index (χ4n) is 3.59. The molecule has 2 atom stereocenters. The van der Waals surface area contributed by atoms with Gasteiger partial charge in [0, 0.05) is 35.3 Å². The lowest BCUT2D eigenvalue weighted by atomic mass is 10.0. The molecule has 1 saturated heterocycles. The van der Waals surface area contributed by atoms with Crippen LogP contribution in [0.2, 0.25) is 5.02 Å². The summed E-state index contributed by atoms with van der Waals surface area (Å²) in [7, 11) is 0. The van der Waals surface area contributed by atoms with Crippen molar-refractivity contribution in [2.75, 3.05) is 18.0 Å². The number of hydrogen-bond acceptors (Lipinski definition) is 2. The van der Waals surface area contributed by atoms with E-state index in [1.54, 1.807) is 0 Å². The molecule has 1 heterocycles. The molecular weight excluding hydrogens is 306 g/mol. The van der Waals surface area contributed by atoms with E-state index >= 15 is 0 Å². The molecule has 2 aromatic carbocycles. The third-order valence-electron chi connectivity index (χ3n) is 5.05. The minimum atomic E-state index is 0.133. The van der Waals surface area contributed by atoms with Crippen LogP contribution in [-0.4, -0.2) is 18.9 Å². The van der Waals surface area contributed by atoms with Crippen LogP contribution in [-0.2, 0) is 0 Å². The van der Waals surface area contributed by atoms with E-state index in [4.69, 9.17) is 11.6 Å². The highest BCUT2D eigenvalue weighted by molar-refractivity contribution is 6.30. The van der Waals surface area contributed by atoms with E-state index < -0.39 is 0 Å². The Morgan fingerprint density at radius 2 is 1.61 bits per heavy atom. The predicted molar refractivity (Wildman–Crippen MR) is 94.5 cm³/mol. The zero-order chi connectivity index (χ0) is 15.8. The van der Waals surface area contributed by atoms with Gasteiger partial charge in [0.05, 0.1) is 0 Å². The lowest BCUT2D eigenvalue weighted by Gasteiger charge is -2.17. The summed E-state index contributed by atoms with van der Waals surface area (Å²) in [5, 5.41) is 0.745. The zero-order valence-corrected chi connectivity index (χ0v) is 13.8. The van der Waals surface area contributed by atoms with Gasteiger partial charge >= 0.3 is 0 Å². The van der Waals surface area contributed by atoms with E-state index in [0.717, 1.165) is 30.1 Å². The summed E-state index contributed by atoms with van der Waals surface area (Å²) >= 11 is 5.93. The third kappa shape index (κ3) is 3.00. The molecule has 2 fully saturated rings. The lowest BCUT2D eigenvalue weighted by molar-refractivity contribution is 0.0965. The van der Waals surface area contributed by atoms with Crippen molar-refractivity contribution in [2.45, 2.75) is 25.2 Å². The van der Waals surface area contributed by atoms with Gasteiger partial charge in [-0.15, -0.1) is 0 Å². The number of anilines is 1. The first-order valence-corrected chi connectivity index (χ1v) is 8.75. The lowest BCUT2D eigenvalue weighted by Crippen LogP contribution is -2.17. The van der Waals surface area contributed by atoms with Gasteiger partial charge in [-0.3, -0.25) is 4.79 Å². The van der Waals surface area contributed by atoms with E-state index in [2.05, 4.69) is 17.0 Å². The van der Waals surface area contributed by atoms with Gasteiger partial charge in [0.15, 0.2) is 5.78 Å². The number of ketones is 1. The minimum Gasteiger partial charge on any atom is -0.372 e. The molecule has 0 N–H and O–H groups in total. The highest BCUT2D eigenvalue weighted by atomic mass is 35.5. The standard InChI is InChI=1S/C20H20ClNO/c21-16-7-3-14(4-8-16)18-13-19(18)20(23)15-5-9-17(10-6-15)22-11-1-2-12-22/h3-10,18-19H,1-2,11-13H2. The van der Waals surface area contributed by atoms with E-state index in [-0.39, 0.29) is 11.7 Å². The van der Waals surface area contributed by atoms with Crippen molar-refractivity contribution in [3.8, 4) is 0 Å². The van der Waals surface area contributed by atoms with Gasteiger partial charge in [-0.05, 0) is 67.1 Å². The third-order valence-corrected chi connectivity index (χ3v) is 5.30. The highest BCUT2D eigenvalue weighted by Crippen LogP contribution is 2.49. The first kappa shape index (κ1) is 14.8. The number of hydrogen-bond donors (Lipinski definition) is 0. The molecule has 0 radical (unpaired) electrons. The molecule has 0 spiro atoms. The van der Waals surface area contributed by atoms with Crippen LogP contribution < -0.4 is 4.90 Å². The molecule has 1 aliphatic carbocycles. The van der Waals surface area contributed by atoms with Crippen molar-refractivity contribution in [3.63, 3.8) is 0 Å². The molecule has 118 valence electrons. The molecule has 1 aliphatic heterocycles. The van der Waals surface area contributed by atoms with Crippen molar-refractivity contribution in [2.24, 2.45) is 5.92 Å². The average Bonchev–Trinajstić information content (AvgIpc) is 3.19. The molecule has 2 aromatic rings. The molecule has 2 nitrogen and oxygen atoms in total. The summed E-state index contributed by atoms with van der Waals surface area (Å²) in [6.45, 7) is 2.27. The van der Waals surface area contributed by atoms with Crippen LogP contribution in [0.25, 0.3) is 0 Å². The Kier molecular flexibility index (Phi) is 3.86. The summed E-state index contributed by atoms with van der Waals surface area (Å²) in [5.74, 6) is 0.768. The summed E-state index contributed by atoms with van der Waals surface area (Å²) in [6, 6.07) is 16.1. The van der Waals surface area contributed by atoms with Gasteiger partial charge in [0.1, 0.15) is 0 Å². The number of Topliss-reactive ketones (excluding diaryl/α,β-unsaturated/α-hetero) is 1. The van der Waals surface area contributed by atoms with E-state index in [0.29, 0.717) is 5.92 Å². The molecule has 1 saturated carbocycles. The Hall–Kier alpha value is -1.80. The summed E-state index contributed by atoms with van der Waals surface area (Å²) < 4.78 is 0. The molecule has 0 aromatic heterocycles. The molecule has 0 bridgehead atoms. The van der Waals surface area contributed by atoms with Gasteiger partial charge in [-0.25, -0.2) is 0 Å². The summed E-state index contributed by atoms with van der Waals surface area (Å²) in [6.07, 6.45) is 3.49. The first-order valence-electron chi connectivity index (χ1n) is 8.37. The van der Waals surface area contributed by atoms with Gasteiger partial charge in [-0.2, -0.15) is 0 Å². The molecule has 2 aliphatic rings. The second-order valence-corrected chi connectivity index (χ2v) is 7.04. The van der Waals surface area contributed by atoms with Crippen molar-refractivity contribution in [3.05, 3.63) is 64.7 Å². The average molecular weight is 326 g/mol. The summed E-state index contributed by atoms with van der Waals surface area (Å²) in [4.78, 5) is 15.0. The topological polar surface area (TPSA) is 20.3 Å². The molecule has 3 heteroatoms. The van der Waals surface area contributed by atoms with Crippen molar-refractivity contribution >= 4 is 23.1 Å². The normalized spacial score (nSPS) is 23.1.